The molecule has 2 fully saturated rings. The van der Waals surface area contributed by atoms with Crippen molar-refractivity contribution in [2.75, 3.05) is 46.9 Å². The van der Waals surface area contributed by atoms with Gasteiger partial charge in [-0.3, -0.25) is 4.90 Å². The minimum atomic E-state index is -3.47. The van der Waals surface area contributed by atoms with Crippen molar-refractivity contribution in [2.45, 2.75) is 29.6 Å². The Hall–Kier alpha value is -0.340. The summed E-state index contributed by atoms with van der Waals surface area (Å²) in [7, 11) is -3.93. The lowest BCUT2D eigenvalue weighted by Gasteiger charge is -2.13. The molecule has 4 unspecified atom stereocenters. The molecular weight excluding hydrogens is 360 g/mol. The van der Waals surface area contributed by atoms with Gasteiger partial charge in [0, 0.05) is 40.4 Å². The SMILES string of the molecule is CCN1CC(OC)C(S(N)(=O)=O)C1.COC1CNCC1S(N)(=O)=O. The van der Waals surface area contributed by atoms with Crippen LogP contribution in [0.5, 0.6) is 0 Å². The summed E-state index contributed by atoms with van der Waals surface area (Å²) >= 11 is 0. The van der Waals surface area contributed by atoms with Crippen LogP contribution >= 0.6 is 0 Å². The van der Waals surface area contributed by atoms with Gasteiger partial charge in [-0.1, -0.05) is 6.92 Å². The lowest BCUT2D eigenvalue weighted by molar-refractivity contribution is 0.110. The molecule has 24 heavy (non-hydrogen) atoms. The number of likely N-dealkylation sites (N-methyl/N-ethyl adjacent to an activating group) is 1. The summed E-state index contributed by atoms with van der Waals surface area (Å²) in [6.07, 6.45) is -0.583. The van der Waals surface area contributed by atoms with E-state index < -0.39 is 30.5 Å². The fourth-order valence-corrected chi connectivity index (χ4v) is 4.83. The van der Waals surface area contributed by atoms with Crippen molar-refractivity contribution in [3.05, 3.63) is 0 Å². The summed E-state index contributed by atoms with van der Waals surface area (Å²) in [6.45, 7) is 4.88. The maximum Gasteiger partial charge on any atom is 0.215 e. The van der Waals surface area contributed by atoms with Gasteiger partial charge in [0.15, 0.2) is 0 Å². The second-order valence-corrected chi connectivity index (χ2v) is 9.38. The number of nitrogens with one attached hydrogen (secondary N) is 1. The summed E-state index contributed by atoms with van der Waals surface area (Å²) in [4.78, 5) is 2.02. The first-order valence-electron chi connectivity index (χ1n) is 7.56. The Bertz CT molecular complexity index is 597. The molecule has 4 atom stereocenters. The van der Waals surface area contributed by atoms with Crippen LogP contribution in [0.1, 0.15) is 6.92 Å². The van der Waals surface area contributed by atoms with E-state index in [1.165, 1.54) is 14.2 Å². The normalized spacial score (nSPS) is 31.7. The molecule has 2 heterocycles. The molecule has 144 valence electrons. The van der Waals surface area contributed by atoms with Crippen molar-refractivity contribution >= 4 is 20.0 Å². The van der Waals surface area contributed by atoms with Crippen LogP contribution in [0.25, 0.3) is 0 Å². The fraction of sp³-hybridized carbons (Fsp3) is 1.00. The number of methoxy groups -OCH3 is 2. The molecule has 2 saturated heterocycles. The molecule has 0 bridgehead atoms. The van der Waals surface area contributed by atoms with E-state index >= 15 is 0 Å². The van der Waals surface area contributed by atoms with E-state index in [1.807, 2.05) is 11.8 Å². The van der Waals surface area contributed by atoms with E-state index in [4.69, 9.17) is 19.8 Å². The number of nitrogens with two attached hydrogens (primary N) is 2. The first kappa shape index (κ1) is 21.7. The molecule has 0 amide bonds. The molecule has 0 aromatic carbocycles. The average molecular weight is 389 g/mol. The number of rotatable bonds is 5. The van der Waals surface area contributed by atoms with Crippen LogP contribution in [-0.2, 0) is 29.5 Å². The Kier molecular flexibility index (Phi) is 8.00. The fourth-order valence-electron chi connectivity index (χ4n) is 2.81. The van der Waals surface area contributed by atoms with Gasteiger partial charge in [0.2, 0.25) is 20.0 Å². The molecular formula is C12H28N4O6S2. The van der Waals surface area contributed by atoms with Crippen molar-refractivity contribution in [3.63, 3.8) is 0 Å². The number of hydrogen-bond donors (Lipinski definition) is 3. The van der Waals surface area contributed by atoms with E-state index in [1.54, 1.807) is 0 Å². The second-order valence-electron chi connectivity index (χ2n) is 5.81. The highest BCUT2D eigenvalue weighted by atomic mass is 32.2. The van der Waals surface area contributed by atoms with E-state index in [0.717, 1.165) is 6.54 Å². The maximum atomic E-state index is 11.1. The highest BCUT2D eigenvalue weighted by Crippen LogP contribution is 2.17. The zero-order valence-corrected chi connectivity index (χ0v) is 15.8. The molecule has 0 radical (unpaired) electrons. The number of nitrogens with zero attached hydrogens (tertiary/aromatic N) is 1. The smallest absolute Gasteiger partial charge is 0.215 e. The summed E-state index contributed by atoms with van der Waals surface area (Å²) in [5, 5.41) is 11.8. The van der Waals surface area contributed by atoms with Gasteiger partial charge >= 0.3 is 0 Å². The third kappa shape index (κ3) is 5.88. The zero-order valence-electron chi connectivity index (χ0n) is 14.2. The molecule has 2 rings (SSSR count). The van der Waals surface area contributed by atoms with Crippen LogP contribution in [0.3, 0.4) is 0 Å². The van der Waals surface area contributed by atoms with Gasteiger partial charge < -0.3 is 14.8 Å². The Morgan fingerprint density at radius 1 is 0.958 bits per heavy atom. The minimum absolute atomic E-state index is 0.282. The highest BCUT2D eigenvalue weighted by molar-refractivity contribution is 7.90. The molecule has 2 aliphatic rings. The molecule has 0 aromatic heterocycles. The molecule has 5 N–H and O–H groups in total. The van der Waals surface area contributed by atoms with Gasteiger partial charge in [0.25, 0.3) is 0 Å². The Morgan fingerprint density at radius 2 is 1.50 bits per heavy atom. The molecule has 0 aromatic rings. The minimum Gasteiger partial charge on any atom is -0.379 e. The van der Waals surface area contributed by atoms with Gasteiger partial charge in [0.1, 0.15) is 10.5 Å². The average Bonchev–Trinajstić information content (AvgIpc) is 3.12. The van der Waals surface area contributed by atoms with Crippen molar-refractivity contribution in [2.24, 2.45) is 10.3 Å². The molecule has 10 nitrogen and oxygen atoms in total. The number of likely N-dealkylation sites (tertiary alicyclic amines) is 1. The van der Waals surface area contributed by atoms with E-state index in [-0.39, 0.29) is 12.2 Å². The van der Waals surface area contributed by atoms with Crippen LogP contribution in [-0.4, -0.2) is 91.4 Å². The van der Waals surface area contributed by atoms with Crippen LogP contribution < -0.4 is 15.6 Å². The zero-order chi connectivity index (χ0) is 18.5. The second kappa shape index (κ2) is 8.85. The Morgan fingerprint density at radius 3 is 1.83 bits per heavy atom. The topological polar surface area (TPSA) is 154 Å². The van der Waals surface area contributed by atoms with Crippen molar-refractivity contribution in [3.8, 4) is 0 Å². The quantitative estimate of drug-likeness (QED) is 0.458. The molecule has 0 saturated carbocycles. The highest BCUT2D eigenvalue weighted by Gasteiger charge is 2.39. The summed E-state index contributed by atoms with van der Waals surface area (Å²) in [6, 6.07) is 0. The van der Waals surface area contributed by atoms with Crippen LogP contribution in [0.4, 0.5) is 0 Å². The van der Waals surface area contributed by atoms with Crippen LogP contribution in [0, 0.1) is 0 Å². The Balaban J connectivity index is 0.000000243. The predicted molar refractivity (Wildman–Crippen MR) is 90.4 cm³/mol. The van der Waals surface area contributed by atoms with Gasteiger partial charge in [-0.25, -0.2) is 27.1 Å². The third-order valence-electron chi connectivity index (χ3n) is 4.29. The van der Waals surface area contributed by atoms with Crippen LogP contribution in [0.2, 0.25) is 0 Å². The monoisotopic (exact) mass is 388 g/mol. The molecule has 0 aliphatic carbocycles. The molecule has 12 heteroatoms. The number of sulfonamides is 2. The van der Waals surface area contributed by atoms with Crippen molar-refractivity contribution < 1.29 is 26.3 Å². The van der Waals surface area contributed by atoms with Gasteiger partial charge in [-0.05, 0) is 6.54 Å². The maximum absolute atomic E-state index is 11.1. The third-order valence-corrected chi connectivity index (χ3v) is 6.90. The predicted octanol–water partition coefficient (Wildman–Crippen LogP) is -2.74. The number of hydrogen-bond acceptors (Lipinski definition) is 8. The van der Waals surface area contributed by atoms with Gasteiger partial charge in [-0.2, -0.15) is 0 Å². The first-order valence-corrected chi connectivity index (χ1v) is 10.8. The van der Waals surface area contributed by atoms with Gasteiger partial charge in [0.05, 0.1) is 12.2 Å². The summed E-state index contributed by atoms with van der Waals surface area (Å²) in [5.41, 5.74) is 0. The van der Waals surface area contributed by atoms with E-state index in [9.17, 15) is 16.8 Å². The Labute approximate surface area is 143 Å². The molecule has 2 aliphatic heterocycles. The van der Waals surface area contributed by atoms with Crippen molar-refractivity contribution in [1.82, 2.24) is 10.2 Å². The lowest BCUT2D eigenvalue weighted by atomic mass is 10.3. The first-order chi connectivity index (χ1) is 11.0. The lowest BCUT2D eigenvalue weighted by Crippen LogP contribution is -2.38. The standard InChI is InChI=1S/C7H16N2O3S.C5H12N2O3S/c1-3-9-4-6(12-2)7(5-9)13(8,10)11;1-10-4-2-7-3-5(4)11(6,8)9/h6-7H,3-5H2,1-2H3,(H2,8,10,11);4-5,7H,2-3H2,1H3,(H2,6,8,9). The summed E-state index contributed by atoms with van der Waals surface area (Å²) in [5.74, 6) is 0. The summed E-state index contributed by atoms with van der Waals surface area (Å²) < 4.78 is 54.0. The van der Waals surface area contributed by atoms with Crippen LogP contribution in [0.15, 0.2) is 0 Å². The van der Waals surface area contributed by atoms with Crippen molar-refractivity contribution in [1.29, 1.82) is 0 Å². The van der Waals surface area contributed by atoms with Gasteiger partial charge in [-0.15, -0.1) is 0 Å². The van der Waals surface area contributed by atoms with E-state index in [0.29, 0.717) is 26.2 Å². The largest absolute Gasteiger partial charge is 0.379 e. The molecule has 0 spiro atoms. The number of ether oxygens (including phenoxy) is 2. The van der Waals surface area contributed by atoms with E-state index in [2.05, 4.69) is 5.32 Å². The number of primary sulfonamides is 2.